The predicted octanol–water partition coefficient (Wildman–Crippen LogP) is 3.53. The first kappa shape index (κ1) is 16.0. The van der Waals surface area contributed by atoms with Gasteiger partial charge in [-0.05, 0) is 47.4 Å². The van der Waals surface area contributed by atoms with Gasteiger partial charge in [-0.1, -0.05) is 25.1 Å². The molecule has 0 aliphatic heterocycles. The van der Waals surface area contributed by atoms with Crippen molar-refractivity contribution in [1.82, 2.24) is 9.55 Å². The first-order chi connectivity index (χ1) is 11.7. The zero-order valence-electron chi connectivity index (χ0n) is 13.9. The van der Waals surface area contributed by atoms with E-state index in [2.05, 4.69) is 11.9 Å². The van der Waals surface area contributed by atoms with Gasteiger partial charge in [-0.25, -0.2) is 0 Å². The lowest BCUT2D eigenvalue weighted by Gasteiger charge is -2.09. The molecular formula is C20H20N2O2. The van der Waals surface area contributed by atoms with E-state index >= 15 is 0 Å². The Labute approximate surface area is 141 Å². The fourth-order valence-electron chi connectivity index (χ4n) is 2.56. The van der Waals surface area contributed by atoms with Crippen molar-refractivity contribution in [3.05, 3.63) is 82.5 Å². The molecule has 0 spiro atoms. The Morgan fingerprint density at radius 2 is 1.75 bits per heavy atom. The topological polar surface area (TPSA) is 44.1 Å². The number of methoxy groups -OCH3 is 1. The van der Waals surface area contributed by atoms with Crippen molar-refractivity contribution in [1.29, 1.82) is 0 Å². The lowest BCUT2D eigenvalue weighted by molar-refractivity contribution is 0.415. The van der Waals surface area contributed by atoms with E-state index in [9.17, 15) is 4.79 Å². The Bertz CT molecular complexity index is 865. The summed E-state index contributed by atoms with van der Waals surface area (Å²) in [5.74, 6) is 0.814. The molecular weight excluding hydrogens is 300 g/mol. The van der Waals surface area contributed by atoms with Crippen molar-refractivity contribution < 1.29 is 4.74 Å². The molecule has 0 saturated carbocycles. The molecule has 4 nitrogen and oxygen atoms in total. The van der Waals surface area contributed by atoms with E-state index in [-0.39, 0.29) is 5.56 Å². The maximum Gasteiger partial charge on any atom is 0.250 e. The molecule has 0 fully saturated rings. The minimum Gasteiger partial charge on any atom is -0.497 e. The Kier molecular flexibility index (Phi) is 4.75. The summed E-state index contributed by atoms with van der Waals surface area (Å²) in [5.41, 5.74) is 4.09. The van der Waals surface area contributed by atoms with E-state index in [1.54, 1.807) is 17.7 Å². The van der Waals surface area contributed by atoms with Crippen LogP contribution in [0.2, 0.25) is 0 Å². The molecule has 3 aromatic rings. The average molecular weight is 320 g/mol. The van der Waals surface area contributed by atoms with Crippen LogP contribution in [0.15, 0.2) is 65.7 Å². The summed E-state index contributed by atoms with van der Waals surface area (Å²) in [4.78, 5) is 16.5. The Morgan fingerprint density at radius 1 is 1.00 bits per heavy atom. The maximum absolute atomic E-state index is 12.2. The van der Waals surface area contributed by atoms with Crippen LogP contribution in [0.3, 0.4) is 0 Å². The van der Waals surface area contributed by atoms with Crippen LogP contribution in [0.4, 0.5) is 0 Å². The van der Waals surface area contributed by atoms with Crippen molar-refractivity contribution in [2.45, 2.75) is 19.9 Å². The van der Waals surface area contributed by atoms with Crippen LogP contribution in [0.25, 0.3) is 11.1 Å². The minimum absolute atomic E-state index is 0.0215. The zero-order chi connectivity index (χ0) is 16.9. The van der Waals surface area contributed by atoms with Gasteiger partial charge in [0.1, 0.15) is 5.75 Å². The molecule has 24 heavy (non-hydrogen) atoms. The number of aryl methyl sites for hydroxylation is 1. The van der Waals surface area contributed by atoms with E-state index in [0.717, 1.165) is 34.6 Å². The molecule has 4 heteroatoms. The largest absolute Gasteiger partial charge is 0.497 e. The molecule has 2 heterocycles. The third-order valence-corrected chi connectivity index (χ3v) is 4.01. The van der Waals surface area contributed by atoms with Crippen LogP contribution in [0.1, 0.15) is 18.2 Å². The summed E-state index contributed by atoms with van der Waals surface area (Å²) >= 11 is 0. The normalized spacial score (nSPS) is 10.6. The molecule has 3 rings (SSSR count). The standard InChI is InChI=1S/C20H20N2O2/c1-3-18-8-4-15(12-21-18)13-22-14-17(7-11-20(22)23)16-5-9-19(24-2)10-6-16/h4-12,14H,3,13H2,1-2H3. The first-order valence-corrected chi connectivity index (χ1v) is 7.98. The van der Waals surface area contributed by atoms with Crippen LogP contribution < -0.4 is 10.3 Å². The molecule has 0 radical (unpaired) electrons. The molecule has 0 amide bonds. The van der Waals surface area contributed by atoms with Crippen LogP contribution in [-0.4, -0.2) is 16.7 Å². The third-order valence-electron chi connectivity index (χ3n) is 4.01. The molecule has 0 unspecified atom stereocenters. The van der Waals surface area contributed by atoms with Gasteiger partial charge >= 0.3 is 0 Å². The lowest BCUT2D eigenvalue weighted by atomic mass is 10.1. The van der Waals surface area contributed by atoms with Gasteiger partial charge in [-0.3, -0.25) is 9.78 Å². The fourth-order valence-corrected chi connectivity index (χ4v) is 2.56. The second-order valence-electron chi connectivity index (χ2n) is 5.62. The van der Waals surface area contributed by atoms with Gasteiger partial charge in [0.2, 0.25) is 0 Å². The molecule has 0 aliphatic carbocycles. The zero-order valence-corrected chi connectivity index (χ0v) is 13.9. The number of rotatable bonds is 5. The Balaban J connectivity index is 1.88. The average Bonchev–Trinajstić information content (AvgIpc) is 2.64. The highest BCUT2D eigenvalue weighted by molar-refractivity contribution is 5.63. The van der Waals surface area contributed by atoms with Crippen molar-refractivity contribution in [2.24, 2.45) is 0 Å². The summed E-state index contributed by atoms with van der Waals surface area (Å²) < 4.78 is 6.89. The molecule has 0 bridgehead atoms. The number of pyridine rings is 2. The van der Waals surface area contributed by atoms with Crippen molar-refractivity contribution in [3.63, 3.8) is 0 Å². The smallest absolute Gasteiger partial charge is 0.250 e. The molecule has 2 aromatic heterocycles. The SMILES string of the molecule is CCc1ccc(Cn2cc(-c3ccc(OC)cc3)ccc2=O)cn1. The highest BCUT2D eigenvalue weighted by atomic mass is 16.5. The highest BCUT2D eigenvalue weighted by Crippen LogP contribution is 2.21. The van der Waals surface area contributed by atoms with Gasteiger partial charge in [0, 0.05) is 24.2 Å². The molecule has 0 N–H and O–H groups in total. The number of ether oxygens (including phenoxy) is 1. The van der Waals surface area contributed by atoms with Gasteiger partial charge in [0.25, 0.3) is 5.56 Å². The second-order valence-corrected chi connectivity index (χ2v) is 5.62. The van der Waals surface area contributed by atoms with E-state index in [1.807, 2.05) is 54.9 Å². The van der Waals surface area contributed by atoms with E-state index in [1.165, 1.54) is 0 Å². The van der Waals surface area contributed by atoms with Gasteiger partial charge in [0.05, 0.1) is 13.7 Å². The van der Waals surface area contributed by atoms with Crippen LogP contribution in [0.5, 0.6) is 5.75 Å². The van der Waals surface area contributed by atoms with Crippen LogP contribution >= 0.6 is 0 Å². The summed E-state index contributed by atoms with van der Waals surface area (Å²) in [6.07, 6.45) is 4.64. The minimum atomic E-state index is -0.0215. The fraction of sp³-hybridized carbons (Fsp3) is 0.200. The summed E-state index contributed by atoms with van der Waals surface area (Å²) in [7, 11) is 1.65. The Hall–Kier alpha value is -2.88. The number of nitrogens with zero attached hydrogens (tertiary/aromatic N) is 2. The van der Waals surface area contributed by atoms with Gasteiger partial charge in [-0.2, -0.15) is 0 Å². The number of hydrogen-bond acceptors (Lipinski definition) is 3. The summed E-state index contributed by atoms with van der Waals surface area (Å²) in [6, 6.07) is 15.3. The van der Waals surface area contributed by atoms with Crippen molar-refractivity contribution in [2.75, 3.05) is 7.11 Å². The van der Waals surface area contributed by atoms with Gasteiger partial charge in [-0.15, -0.1) is 0 Å². The van der Waals surface area contributed by atoms with E-state index in [4.69, 9.17) is 4.74 Å². The number of aromatic nitrogens is 2. The predicted molar refractivity (Wildman–Crippen MR) is 95.4 cm³/mol. The monoisotopic (exact) mass is 320 g/mol. The van der Waals surface area contributed by atoms with Crippen LogP contribution in [0, 0.1) is 0 Å². The molecule has 1 aromatic carbocycles. The summed E-state index contributed by atoms with van der Waals surface area (Å²) in [5, 5.41) is 0. The number of benzene rings is 1. The highest BCUT2D eigenvalue weighted by Gasteiger charge is 2.04. The first-order valence-electron chi connectivity index (χ1n) is 7.98. The van der Waals surface area contributed by atoms with Crippen molar-refractivity contribution in [3.8, 4) is 16.9 Å². The van der Waals surface area contributed by atoms with Crippen LogP contribution in [-0.2, 0) is 13.0 Å². The second kappa shape index (κ2) is 7.13. The van der Waals surface area contributed by atoms with Gasteiger partial charge < -0.3 is 9.30 Å². The quantitative estimate of drug-likeness (QED) is 0.722. The van der Waals surface area contributed by atoms with Gasteiger partial charge in [0.15, 0.2) is 0 Å². The number of hydrogen-bond donors (Lipinski definition) is 0. The maximum atomic E-state index is 12.2. The lowest BCUT2D eigenvalue weighted by Crippen LogP contribution is -2.19. The molecule has 0 atom stereocenters. The summed E-state index contributed by atoms with van der Waals surface area (Å²) in [6.45, 7) is 2.59. The molecule has 0 saturated heterocycles. The Morgan fingerprint density at radius 3 is 2.38 bits per heavy atom. The molecule has 122 valence electrons. The van der Waals surface area contributed by atoms with E-state index in [0.29, 0.717) is 6.54 Å². The van der Waals surface area contributed by atoms with Crippen molar-refractivity contribution >= 4 is 0 Å². The molecule has 0 aliphatic rings. The van der Waals surface area contributed by atoms with E-state index < -0.39 is 0 Å². The third kappa shape index (κ3) is 3.54.